The molecule has 1 aromatic rings. The molecular formula is C12H17ClFN3O3. The minimum atomic E-state index is -0.816. The van der Waals surface area contributed by atoms with E-state index in [1.807, 2.05) is 0 Å². The van der Waals surface area contributed by atoms with Crippen molar-refractivity contribution >= 4 is 29.9 Å². The quantitative estimate of drug-likeness (QED) is 0.703. The predicted molar refractivity (Wildman–Crippen MR) is 75.1 cm³/mol. The number of methoxy groups -OCH3 is 1. The van der Waals surface area contributed by atoms with E-state index in [2.05, 4.69) is 10.6 Å². The first-order valence-electron chi connectivity index (χ1n) is 5.60. The second kappa shape index (κ2) is 9.24. The Bertz CT molecular complexity index is 442. The van der Waals surface area contributed by atoms with Crippen LogP contribution in [0.4, 0.5) is 10.1 Å². The Balaban J connectivity index is 0.00000361. The van der Waals surface area contributed by atoms with Crippen molar-refractivity contribution in [2.24, 2.45) is 5.73 Å². The van der Waals surface area contributed by atoms with Crippen molar-refractivity contribution in [2.45, 2.75) is 6.04 Å². The third-order valence-electron chi connectivity index (χ3n) is 2.23. The van der Waals surface area contributed by atoms with Gasteiger partial charge in [-0.15, -0.1) is 12.4 Å². The normalized spacial score (nSPS) is 11.2. The van der Waals surface area contributed by atoms with Gasteiger partial charge in [-0.05, 0) is 24.3 Å². The fourth-order valence-electron chi connectivity index (χ4n) is 1.29. The third-order valence-corrected chi connectivity index (χ3v) is 2.23. The molecule has 0 heterocycles. The fourth-order valence-corrected chi connectivity index (χ4v) is 1.29. The van der Waals surface area contributed by atoms with Crippen LogP contribution in [0.2, 0.25) is 0 Å². The summed E-state index contributed by atoms with van der Waals surface area (Å²) in [7, 11) is 1.42. The molecule has 1 unspecified atom stereocenters. The van der Waals surface area contributed by atoms with Crippen molar-refractivity contribution in [2.75, 3.05) is 25.6 Å². The minimum Gasteiger partial charge on any atom is -0.383 e. The van der Waals surface area contributed by atoms with Crippen LogP contribution in [0.1, 0.15) is 0 Å². The SMILES string of the molecule is COCC(N)C(=O)NCC(=O)Nc1ccc(F)cc1.Cl. The van der Waals surface area contributed by atoms with Crippen LogP contribution in [0.25, 0.3) is 0 Å². The maximum absolute atomic E-state index is 12.6. The van der Waals surface area contributed by atoms with Crippen LogP contribution in [-0.2, 0) is 14.3 Å². The highest BCUT2D eigenvalue weighted by Gasteiger charge is 2.13. The summed E-state index contributed by atoms with van der Waals surface area (Å²) in [6.07, 6.45) is 0. The summed E-state index contributed by atoms with van der Waals surface area (Å²) in [6.45, 7) is -0.140. The molecular weight excluding hydrogens is 289 g/mol. The second-order valence-corrected chi connectivity index (χ2v) is 3.83. The highest BCUT2D eigenvalue weighted by molar-refractivity contribution is 5.95. The molecule has 0 radical (unpaired) electrons. The maximum atomic E-state index is 12.6. The van der Waals surface area contributed by atoms with E-state index in [-0.39, 0.29) is 25.6 Å². The minimum absolute atomic E-state index is 0. The first kappa shape index (κ1) is 18.3. The Morgan fingerprint density at radius 1 is 1.35 bits per heavy atom. The average molecular weight is 306 g/mol. The Labute approximate surface area is 122 Å². The molecule has 6 nitrogen and oxygen atoms in total. The van der Waals surface area contributed by atoms with Crippen molar-refractivity contribution in [1.29, 1.82) is 0 Å². The van der Waals surface area contributed by atoms with Gasteiger partial charge >= 0.3 is 0 Å². The Hall–Kier alpha value is -1.70. The number of ether oxygens (including phenoxy) is 1. The number of nitrogens with two attached hydrogens (primary N) is 1. The van der Waals surface area contributed by atoms with Gasteiger partial charge in [-0.25, -0.2) is 4.39 Å². The van der Waals surface area contributed by atoms with Crippen molar-refractivity contribution in [1.82, 2.24) is 5.32 Å². The summed E-state index contributed by atoms with van der Waals surface area (Å²) in [5.41, 5.74) is 5.92. The number of benzene rings is 1. The number of rotatable bonds is 6. The van der Waals surface area contributed by atoms with E-state index in [9.17, 15) is 14.0 Å². The van der Waals surface area contributed by atoms with Gasteiger partial charge in [0, 0.05) is 12.8 Å². The van der Waals surface area contributed by atoms with Crippen LogP contribution in [0.15, 0.2) is 24.3 Å². The number of hydrogen-bond acceptors (Lipinski definition) is 4. The lowest BCUT2D eigenvalue weighted by Gasteiger charge is -2.11. The van der Waals surface area contributed by atoms with E-state index in [0.29, 0.717) is 5.69 Å². The van der Waals surface area contributed by atoms with E-state index >= 15 is 0 Å². The van der Waals surface area contributed by atoms with Crippen LogP contribution in [-0.4, -0.2) is 38.1 Å². The van der Waals surface area contributed by atoms with Gasteiger partial charge in [-0.3, -0.25) is 9.59 Å². The molecule has 0 aliphatic heterocycles. The average Bonchev–Trinajstić information content (AvgIpc) is 2.39. The monoisotopic (exact) mass is 305 g/mol. The molecule has 8 heteroatoms. The van der Waals surface area contributed by atoms with Gasteiger partial charge in [0.25, 0.3) is 0 Å². The zero-order chi connectivity index (χ0) is 14.3. The lowest BCUT2D eigenvalue weighted by Crippen LogP contribution is -2.45. The molecule has 0 aliphatic carbocycles. The Morgan fingerprint density at radius 3 is 2.50 bits per heavy atom. The lowest BCUT2D eigenvalue weighted by atomic mass is 10.3. The van der Waals surface area contributed by atoms with Crippen LogP contribution in [0.3, 0.4) is 0 Å². The van der Waals surface area contributed by atoms with Gasteiger partial charge in [0.15, 0.2) is 0 Å². The van der Waals surface area contributed by atoms with Crippen molar-refractivity contribution in [3.05, 3.63) is 30.1 Å². The van der Waals surface area contributed by atoms with Crippen LogP contribution >= 0.6 is 12.4 Å². The molecule has 0 spiro atoms. The molecule has 0 saturated carbocycles. The molecule has 0 aliphatic rings. The third kappa shape index (κ3) is 6.46. The van der Waals surface area contributed by atoms with E-state index < -0.39 is 23.7 Å². The van der Waals surface area contributed by atoms with Gasteiger partial charge in [-0.2, -0.15) is 0 Å². The van der Waals surface area contributed by atoms with E-state index in [0.717, 1.165) is 0 Å². The topological polar surface area (TPSA) is 93.4 Å². The molecule has 1 atom stereocenters. The standard InChI is InChI=1S/C12H16FN3O3.ClH/c1-19-7-10(14)12(18)15-6-11(17)16-9-4-2-8(13)3-5-9;/h2-5,10H,6-7,14H2,1H3,(H,15,18)(H,16,17);1H. The van der Waals surface area contributed by atoms with Crippen molar-refractivity contribution in [3.8, 4) is 0 Å². The van der Waals surface area contributed by atoms with E-state index in [1.54, 1.807) is 0 Å². The Kier molecular flexibility index (Phi) is 8.46. The van der Waals surface area contributed by atoms with Gasteiger partial charge < -0.3 is 21.1 Å². The fraction of sp³-hybridized carbons (Fsp3) is 0.333. The largest absolute Gasteiger partial charge is 0.383 e. The first-order valence-corrected chi connectivity index (χ1v) is 5.60. The molecule has 4 N–H and O–H groups in total. The van der Waals surface area contributed by atoms with Crippen LogP contribution in [0, 0.1) is 5.82 Å². The first-order chi connectivity index (χ1) is 9.02. The van der Waals surface area contributed by atoms with E-state index in [4.69, 9.17) is 10.5 Å². The van der Waals surface area contributed by atoms with Crippen molar-refractivity contribution < 1.29 is 18.7 Å². The maximum Gasteiger partial charge on any atom is 0.243 e. The molecule has 112 valence electrons. The molecule has 0 bridgehead atoms. The summed E-state index contributed by atoms with van der Waals surface area (Å²) in [4.78, 5) is 22.9. The molecule has 0 fully saturated rings. The van der Waals surface area contributed by atoms with Gasteiger partial charge in [0.05, 0.1) is 13.2 Å². The lowest BCUT2D eigenvalue weighted by molar-refractivity contribution is -0.126. The molecule has 1 rings (SSSR count). The number of amides is 2. The summed E-state index contributed by atoms with van der Waals surface area (Å²) < 4.78 is 17.4. The summed E-state index contributed by atoms with van der Waals surface area (Å²) in [5.74, 6) is -1.29. The number of nitrogens with one attached hydrogen (secondary N) is 2. The summed E-state index contributed by atoms with van der Waals surface area (Å²) in [6, 6.07) is 4.48. The number of hydrogen-bond donors (Lipinski definition) is 3. The second-order valence-electron chi connectivity index (χ2n) is 3.83. The molecule has 20 heavy (non-hydrogen) atoms. The van der Waals surface area contributed by atoms with E-state index in [1.165, 1.54) is 31.4 Å². The highest BCUT2D eigenvalue weighted by Crippen LogP contribution is 2.07. The Morgan fingerprint density at radius 2 is 1.95 bits per heavy atom. The number of halogens is 2. The van der Waals surface area contributed by atoms with Crippen LogP contribution in [0.5, 0.6) is 0 Å². The molecule has 0 saturated heterocycles. The summed E-state index contributed by atoms with van der Waals surface area (Å²) in [5, 5.41) is 4.87. The molecule has 2 amide bonds. The van der Waals surface area contributed by atoms with Crippen molar-refractivity contribution in [3.63, 3.8) is 0 Å². The summed E-state index contributed by atoms with van der Waals surface area (Å²) >= 11 is 0. The van der Waals surface area contributed by atoms with Gasteiger partial charge in [0.1, 0.15) is 11.9 Å². The number of carbonyl (C=O) groups is 2. The highest BCUT2D eigenvalue weighted by atomic mass is 35.5. The smallest absolute Gasteiger partial charge is 0.243 e. The van der Waals surface area contributed by atoms with Gasteiger partial charge in [-0.1, -0.05) is 0 Å². The molecule has 0 aromatic heterocycles. The van der Waals surface area contributed by atoms with Crippen LogP contribution < -0.4 is 16.4 Å². The number of anilines is 1. The molecule has 1 aromatic carbocycles. The predicted octanol–water partition coefficient (Wildman–Crippen LogP) is 0.276. The zero-order valence-corrected chi connectivity index (χ0v) is 11.7. The van der Waals surface area contributed by atoms with Gasteiger partial charge in [0.2, 0.25) is 11.8 Å². The number of carbonyl (C=O) groups excluding carboxylic acids is 2. The zero-order valence-electron chi connectivity index (χ0n) is 10.9.